The van der Waals surface area contributed by atoms with Crippen LogP contribution >= 0.6 is 0 Å². The van der Waals surface area contributed by atoms with Gasteiger partial charge in [-0.3, -0.25) is 4.79 Å². The molecule has 1 unspecified atom stereocenters. The second kappa shape index (κ2) is 8.04. The molecule has 2 rings (SSSR count). The lowest BCUT2D eigenvalue weighted by Crippen LogP contribution is -2.43. The van der Waals surface area contributed by atoms with Gasteiger partial charge in [0, 0.05) is 18.9 Å². The van der Waals surface area contributed by atoms with Gasteiger partial charge >= 0.3 is 6.18 Å². The topological polar surface area (TPSA) is 104 Å². The normalized spacial score (nSPS) is 13.0. The van der Waals surface area contributed by atoms with Crippen molar-refractivity contribution in [1.29, 1.82) is 5.26 Å². The summed E-state index contributed by atoms with van der Waals surface area (Å²) >= 11 is 0. The van der Waals surface area contributed by atoms with Crippen molar-refractivity contribution in [2.24, 2.45) is 7.05 Å². The predicted molar refractivity (Wildman–Crippen MR) is 95.0 cm³/mol. The molecule has 0 aliphatic rings. The zero-order valence-electron chi connectivity index (χ0n) is 15.7. The lowest BCUT2D eigenvalue weighted by molar-refractivity contribution is -0.147. The second-order valence-corrected chi connectivity index (χ2v) is 8.05. The number of hydrogen-bond acceptors (Lipinski definition) is 4. The van der Waals surface area contributed by atoms with E-state index in [-0.39, 0.29) is 16.8 Å². The van der Waals surface area contributed by atoms with Crippen molar-refractivity contribution in [1.82, 2.24) is 9.29 Å². The number of alkyl halides is 3. The maximum Gasteiger partial charge on any atom is 0.404 e. The summed E-state index contributed by atoms with van der Waals surface area (Å²) in [5.74, 6) is -3.54. The Kier molecular flexibility index (Phi) is 6.24. The molecule has 0 saturated heterocycles. The lowest BCUT2D eigenvalue weighted by Gasteiger charge is -2.16. The van der Waals surface area contributed by atoms with Crippen LogP contribution in [0.15, 0.2) is 23.2 Å². The molecule has 0 fully saturated rings. The van der Waals surface area contributed by atoms with Crippen molar-refractivity contribution in [3.8, 4) is 6.07 Å². The first-order chi connectivity index (χ1) is 13.7. The number of nitrogens with zero attached hydrogens (tertiary/aromatic N) is 2. The molecule has 30 heavy (non-hydrogen) atoms. The number of nitrogens with one attached hydrogen (secondary N) is 2. The fourth-order valence-corrected chi connectivity index (χ4v) is 3.85. The number of nitriles is 1. The minimum absolute atomic E-state index is 0.0188. The molecule has 1 aromatic heterocycles. The third-order valence-corrected chi connectivity index (χ3v) is 5.58. The van der Waals surface area contributed by atoms with Gasteiger partial charge in [-0.25, -0.2) is 17.2 Å². The smallest absolute Gasteiger partial charge is 0.343 e. The van der Waals surface area contributed by atoms with Gasteiger partial charge < -0.3 is 9.88 Å². The van der Waals surface area contributed by atoms with E-state index in [1.165, 1.54) is 17.7 Å². The molecular weight excluding hydrogens is 435 g/mol. The summed E-state index contributed by atoms with van der Waals surface area (Å²) < 4.78 is 92.7. The van der Waals surface area contributed by atoms with E-state index in [1.54, 1.807) is 6.07 Å². The van der Waals surface area contributed by atoms with Crippen molar-refractivity contribution < 1.29 is 35.2 Å². The van der Waals surface area contributed by atoms with Crippen molar-refractivity contribution in [3.63, 3.8) is 0 Å². The number of hydrogen-bond donors (Lipinski definition) is 2. The van der Waals surface area contributed by atoms with E-state index in [9.17, 15) is 35.2 Å². The maximum atomic E-state index is 14.7. The van der Waals surface area contributed by atoms with E-state index in [1.807, 2.05) is 0 Å². The van der Waals surface area contributed by atoms with Crippen LogP contribution in [0.2, 0.25) is 0 Å². The van der Waals surface area contributed by atoms with E-state index < -0.39 is 50.4 Å². The molecule has 2 aromatic rings. The van der Waals surface area contributed by atoms with Crippen LogP contribution in [0.3, 0.4) is 0 Å². The average molecular weight is 450 g/mol. The van der Waals surface area contributed by atoms with Crippen molar-refractivity contribution in [2.45, 2.75) is 31.0 Å². The first-order valence-electron chi connectivity index (χ1n) is 8.14. The van der Waals surface area contributed by atoms with Gasteiger partial charge in [0.2, 0.25) is 10.0 Å². The van der Waals surface area contributed by atoms with Crippen LogP contribution in [0.4, 0.5) is 27.6 Å². The number of rotatable bonds is 5. The maximum absolute atomic E-state index is 14.7. The third kappa shape index (κ3) is 4.60. The van der Waals surface area contributed by atoms with Crippen LogP contribution in [-0.2, 0) is 17.1 Å². The van der Waals surface area contributed by atoms with Gasteiger partial charge in [-0.2, -0.15) is 23.2 Å². The number of benzene rings is 1. The molecule has 2 N–H and O–H groups in total. The monoisotopic (exact) mass is 450 g/mol. The highest BCUT2D eigenvalue weighted by Crippen LogP contribution is 2.25. The highest BCUT2D eigenvalue weighted by atomic mass is 32.2. The van der Waals surface area contributed by atoms with Crippen LogP contribution in [0, 0.1) is 29.9 Å². The number of anilines is 1. The van der Waals surface area contributed by atoms with Crippen LogP contribution in [0.5, 0.6) is 0 Å². The lowest BCUT2D eigenvalue weighted by atomic mass is 10.1. The quantitative estimate of drug-likeness (QED) is 0.684. The molecular formula is C17H15F5N4O3S. The van der Waals surface area contributed by atoms with Crippen molar-refractivity contribution in [3.05, 3.63) is 46.8 Å². The summed E-state index contributed by atoms with van der Waals surface area (Å²) in [7, 11) is -3.83. The van der Waals surface area contributed by atoms with Gasteiger partial charge in [0.15, 0.2) is 5.82 Å². The number of carbonyl (C=O) groups excluding carboxylic acids is 1. The van der Waals surface area contributed by atoms with E-state index in [2.05, 4.69) is 5.32 Å². The number of carbonyl (C=O) groups is 1. The Bertz CT molecular complexity index is 1150. The van der Waals surface area contributed by atoms with Gasteiger partial charge in [-0.1, -0.05) is 0 Å². The summed E-state index contributed by atoms with van der Waals surface area (Å²) in [6.07, 6.45) is -4.26. The fraction of sp³-hybridized carbons (Fsp3) is 0.294. The molecule has 1 heterocycles. The minimum atomic E-state index is -4.94. The molecule has 0 aliphatic heterocycles. The summed E-state index contributed by atoms with van der Waals surface area (Å²) in [4.78, 5) is 11.3. The fourth-order valence-electron chi connectivity index (χ4n) is 2.49. The Morgan fingerprint density at radius 1 is 1.23 bits per heavy atom. The average Bonchev–Trinajstić information content (AvgIpc) is 2.92. The molecule has 0 saturated carbocycles. The van der Waals surface area contributed by atoms with Gasteiger partial charge in [0.05, 0.1) is 5.56 Å². The van der Waals surface area contributed by atoms with Gasteiger partial charge in [0.25, 0.3) is 5.91 Å². The molecule has 162 valence electrons. The Labute approximate surface area is 168 Å². The standard InChI is InChI=1S/C17H15F5N4O3S/c1-8-4-11(5-10(6-23)13(8)18)24-16(27)15-14(19)12(7-26(15)3)30(28,29)25-9(2)17(20,21)22/h4-5,7,9,25H,1-3H3,(H,24,27). The predicted octanol–water partition coefficient (Wildman–Crippen LogP) is 2.96. The highest BCUT2D eigenvalue weighted by molar-refractivity contribution is 7.89. The zero-order valence-corrected chi connectivity index (χ0v) is 16.5. The SMILES string of the molecule is Cc1cc(NC(=O)c2c(F)c(S(=O)(=O)NC(C)C(F)(F)F)cn2C)cc(C#N)c1F. The molecule has 7 nitrogen and oxygen atoms in total. The van der Waals surface area contributed by atoms with Gasteiger partial charge in [0.1, 0.15) is 28.5 Å². The Balaban J connectivity index is 2.39. The summed E-state index contributed by atoms with van der Waals surface area (Å²) in [6, 6.07) is 1.24. The first-order valence-corrected chi connectivity index (χ1v) is 9.62. The van der Waals surface area contributed by atoms with E-state index in [0.717, 1.165) is 17.7 Å². The molecule has 0 radical (unpaired) electrons. The molecule has 13 heteroatoms. The largest absolute Gasteiger partial charge is 0.404 e. The highest BCUT2D eigenvalue weighted by Gasteiger charge is 2.40. The molecule has 0 aliphatic carbocycles. The Morgan fingerprint density at radius 3 is 2.37 bits per heavy atom. The van der Waals surface area contributed by atoms with E-state index in [4.69, 9.17) is 5.26 Å². The van der Waals surface area contributed by atoms with Crippen LogP contribution in [-0.4, -0.2) is 31.1 Å². The summed E-state index contributed by atoms with van der Waals surface area (Å²) in [6.45, 7) is 1.86. The number of sulfonamides is 1. The van der Waals surface area contributed by atoms with Crippen LogP contribution in [0.25, 0.3) is 0 Å². The number of aryl methyl sites for hydroxylation is 2. The third-order valence-electron chi connectivity index (χ3n) is 4.05. The second-order valence-electron chi connectivity index (χ2n) is 6.37. The van der Waals surface area contributed by atoms with Crippen LogP contribution < -0.4 is 10.0 Å². The summed E-state index contributed by atoms with van der Waals surface area (Å²) in [5, 5.41) is 11.1. The zero-order chi connectivity index (χ0) is 23.0. The van der Waals surface area contributed by atoms with Gasteiger partial charge in [-0.05, 0) is 31.5 Å². The molecule has 0 bridgehead atoms. The Morgan fingerprint density at radius 2 is 1.83 bits per heavy atom. The first kappa shape index (κ1) is 23.3. The molecule has 1 amide bonds. The minimum Gasteiger partial charge on any atom is -0.343 e. The van der Waals surface area contributed by atoms with Crippen molar-refractivity contribution >= 4 is 21.6 Å². The van der Waals surface area contributed by atoms with Crippen LogP contribution in [0.1, 0.15) is 28.5 Å². The van der Waals surface area contributed by atoms with E-state index in [0.29, 0.717) is 13.1 Å². The molecule has 0 spiro atoms. The number of amides is 1. The summed E-state index contributed by atoms with van der Waals surface area (Å²) in [5.41, 5.74) is -1.23. The number of halogens is 5. The van der Waals surface area contributed by atoms with Crippen molar-refractivity contribution in [2.75, 3.05) is 5.32 Å². The molecule has 1 atom stereocenters. The number of aromatic nitrogens is 1. The van der Waals surface area contributed by atoms with E-state index >= 15 is 0 Å². The Hall–Kier alpha value is -2.98. The molecule has 1 aromatic carbocycles. The van der Waals surface area contributed by atoms with Gasteiger partial charge in [-0.15, -0.1) is 0 Å².